The van der Waals surface area contributed by atoms with E-state index in [1.807, 2.05) is 47.8 Å². The van der Waals surface area contributed by atoms with E-state index in [9.17, 15) is 9.59 Å². The summed E-state index contributed by atoms with van der Waals surface area (Å²) in [5.41, 5.74) is 4.98. The van der Waals surface area contributed by atoms with Crippen LogP contribution in [0.5, 0.6) is 0 Å². The molecule has 1 atom stereocenters. The van der Waals surface area contributed by atoms with Crippen LogP contribution in [-0.4, -0.2) is 21.9 Å². The van der Waals surface area contributed by atoms with E-state index in [0.29, 0.717) is 5.69 Å². The molecule has 2 aromatic carbocycles. The smallest absolute Gasteiger partial charge is 0.329 e. The van der Waals surface area contributed by atoms with E-state index in [0.717, 1.165) is 32.1 Å². The molecule has 1 fully saturated rings. The molecule has 4 aromatic rings. The molecule has 2 aromatic heterocycles. The number of H-pyrrole nitrogens is 1. The number of imide groups is 1. The first kappa shape index (κ1) is 17.0. The number of hydrogen-bond donors (Lipinski definition) is 2. The first-order valence-corrected chi connectivity index (χ1v) is 9.77. The van der Waals surface area contributed by atoms with Crippen LogP contribution in [0, 0.1) is 0 Å². The first-order chi connectivity index (χ1) is 13.6. The Hall–Kier alpha value is -3.16. The molecule has 3 heterocycles. The van der Waals surface area contributed by atoms with E-state index < -0.39 is 12.1 Å². The Balaban J connectivity index is 1.53. The van der Waals surface area contributed by atoms with E-state index in [-0.39, 0.29) is 5.91 Å². The number of anilines is 1. The summed E-state index contributed by atoms with van der Waals surface area (Å²) >= 11 is 7.48. The summed E-state index contributed by atoms with van der Waals surface area (Å²) in [4.78, 5) is 33.7. The van der Waals surface area contributed by atoms with Crippen LogP contribution in [0.25, 0.3) is 22.2 Å². The monoisotopic (exact) mass is 408 g/mol. The molecule has 0 saturated carbocycles. The zero-order valence-corrected chi connectivity index (χ0v) is 15.9. The molecule has 0 spiro atoms. The third kappa shape index (κ3) is 2.76. The zero-order chi connectivity index (χ0) is 19.3. The van der Waals surface area contributed by atoms with Gasteiger partial charge in [0.15, 0.2) is 0 Å². The number of carbonyl (C=O) groups excluding carboxylic acids is 2. The second-order valence-electron chi connectivity index (χ2n) is 6.43. The highest BCUT2D eigenvalue weighted by molar-refractivity contribution is 7.14. The fraction of sp³-hybridized carbons (Fsp3) is 0.0500. The molecule has 0 radical (unpaired) electrons. The number of rotatable bonds is 3. The normalized spacial score (nSPS) is 16.8. The van der Waals surface area contributed by atoms with Crippen molar-refractivity contribution in [3.8, 4) is 11.1 Å². The SMILES string of the molecule is O=C1NC(=O)N(c2ccc3nc[nH]c3c2)C1c1ccc(-c2csc(Cl)c2)cc1. The fourth-order valence-electron chi connectivity index (χ4n) is 3.43. The summed E-state index contributed by atoms with van der Waals surface area (Å²) in [6, 6.07) is 13.7. The number of hydrogen-bond acceptors (Lipinski definition) is 4. The summed E-state index contributed by atoms with van der Waals surface area (Å²) in [7, 11) is 0. The van der Waals surface area contributed by atoms with Gasteiger partial charge in [0.2, 0.25) is 0 Å². The molecule has 3 amide bonds. The highest BCUT2D eigenvalue weighted by atomic mass is 35.5. The van der Waals surface area contributed by atoms with Crippen molar-refractivity contribution in [2.45, 2.75) is 6.04 Å². The van der Waals surface area contributed by atoms with E-state index in [2.05, 4.69) is 15.3 Å². The molecule has 138 valence electrons. The summed E-state index contributed by atoms with van der Waals surface area (Å²) < 4.78 is 0.722. The average molecular weight is 409 g/mol. The van der Waals surface area contributed by atoms with Crippen molar-refractivity contribution in [2.24, 2.45) is 0 Å². The molecule has 5 rings (SSSR count). The van der Waals surface area contributed by atoms with E-state index in [1.165, 1.54) is 16.2 Å². The lowest BCUT2D eigenvalue weighted by atomic mass is 10.0. The van der Waals surface area contributed by atoms with Crippen molar-refractivity contribution in [1.82, 2.24) is 15.3 Å². The topological polar surface area (TPSA) is 78.1 Å². The molecule has 6 nitrogen and oxygen atoms in total. The number of nitrogens with zero attached hydrogens (tertiary/aromatic N) is 2. The molecule has 1 unspecified atom stereocenters. The van der Waals surface area contributed by atoms with Crippen molar-refractivity contribution in [3.63, 3.8) is 0 Å². The molecule has 2 N–H and O–H groups in total. The number of imidazole rings is 1. The average Bonchev–Trinajstić information content (AvgIpc) is 3.40. The Morgan fingerprint density at radius 3 is 2.61 bits per heavy atom. The second-order valence-corrected chi connectivity index (χ2v) is 7.97. The number of carbonyl (C=O) groups is 2. The fourth-order valence-corrected chi connectivity index (χ4v) is 4.32. The van der Waals surface area contributed by atoms with E-state index in [1.54, 1.807) is 12.4 Å². The predicted octanol–water partition coefficient (Wildman–Crippen LogP) is 4.74. The maximum absolute atomic E-state index is 12.5. The van der Waals surface area contributed by atoms with Gasteiger partial charge in [-0.1, -0.05) is 35.9 Å². The van der Waals surface area contributed by atoms with Crippen LogP contribution in [0.3, 0.4) is 0 Å². The molecule has 0 aliphatic carbocycles. The highest BCUT2D eigenvalue weighted by Crippen LogP contribution is 2.34. The number of urea groups is 1. The molecule has 8 heteroatoms. The lowest BCUT2D eigenvalue weighted by molar-refractivity contribution is -0.119. The summed E-state index contributed by atoms with van der Waals surface area (Å²) in [5, 5.41) is 4.39. The molecule has 28 heavy (non-hydrogen) atoms. The predicted molar refractivity (Wildman–Crippen MR) is 110 cm³/mol. The maximum Gasteiger partial charge on any atom is 0.329 e. The third-order valence-corrected chi connectivity index (χ3v) is 5.86. The van der Waals surface area contributed by atoms with Crippen LogP contribution in [0.4, 0.5) is 10.5 Å². The number of benzene rings is 2. The number of nitrogens with one attached hydrogen (secondary N) is 2. The number of amides is 3. The van der Waals surface area contributed by atoms with Crippen molar-refractivity contribution < 1.29 is 9.59 Å². The minimum atomic E-state index is -0.729. The Morgan fingerprint density at radius 1 is 1.04 bits per heavy atom. The van der Waals surface area contributed by atoms with Crippen molar-refractivity contribution in [3.05, 3.63) is 70.1 Å². The molecular formula is C20H13ClN4O2S. The highest BCUT2D eigenvalue weighted by Gasteiger charge is 2.40. The molecule has 0 bridgehead atoms. The van der Waals surface area contributed by atoms with Crippen molar-refractivity contribution in [1.29, 1.82) is 0 Å². The Kier molecular flexibility index (Phi) is 3.92. The van der Waals surface area contributed by atoms with Crippen LogP contribution in [0.15, 0.2) is 60.2 Å². The van der Waals surface area contributed by atoms with Gasteiger partial charge in [0.05, 0.1) is 21.7 Å². The van der Waals surface area contributed by atoms with Gasteiger partial charge in [-0.05, 0) is 41.0 Å². The zero-order valence-electron chi connectivity index (χ0n) is 14.3. The van der Waals surface area contributed by atoms with Crippen LogP contribution < -0.4 is 10.2 Å². The number of thiophene rings is 1. The molecule has 1 aliphatic rings. The lowest BCUT2D eigenvalue weighted by Crippen LogP contribution is -2.29. The summed E-state index contributed by atoms with van der Waals surface area (Å²) in [6.07, 6.45) is 1.59. The molecule has 1 aliphatic heterocycles. The minimum Gasteiger partial charge on any atom is -0.345 e. The van der Waals surface area contributed by atoms with Crippen LogP contribution in [0.2, 0.25) is 4.34 Å². The van der Waals surface area contributed by atoms with E-state index >= 15 is 0 Å². The van der Waals surface area contributed by atoms with Crippen molar-refractivity contribution >= 4 is 51.6 Å². The number of aromatic nitrogens is 2. The number of aromatic amines is 1. The minimum absolute atomic E-state index is 0.346. The molecular weight excluding hydrogens is 396 g/mol. The van der Waals surface area contributed by atoms with Gasteiger partial charge in [0, 0.05) is 11.1 Å². The quantitative estimate of drug-likeness (QED) is 0.480. The van der Waals surface area contributed by atoms with Gasteiger partial charge >= 0.3 is 6.03 Å². The Labute approximate surface area is 168 Å². The number of halogens is 1. The largest absolute Gasteiger partial charge is 0.345 e. The number of fused-ring (bicyclic) bond motifs is 1. The summed E-state index contributed by atoms with van der Waals surface area (Å²) in [6.45, 7) is 0. The van der Waals surface area contributed by atoms with Gasteiger partial charge in [-0.25, -0.2) is 9.78 Å². The van der Waals surface area contributed by atoms with Gasteiger partial charge in [0.1, 0.15) is 6.04 Å². The van der Waals surface area contributed by atoms with Gasteiger partial charge in [0.25, 0.3) is 5.91 Å². The third-order valence-electron chi connectivity index (χ3n) is 4.76. The summed E-state index contributed by atoms with van der Waals surface area (Å²) in [5.74, 6) is -0.346. The van der Waals surface area contributed by atoms with Crippen LogP contribution in [0.1, 0.15) is 11.6 Å². The Morgan fingerprint density at radius 2 is 1.86 bits per heavy atom. The lowest BCUT2D eigenvalue weighted by Gasteiger charge is -2.22. The second kappa shape index (κ2) is 6.47. The van der Waals surface area contributed by atoms with E-state index in [4.69, 9.17) is 11.6 Å². The van der Waals surface area contributed by atoms with Crippen LogP contribution >= 0.6 is 22.9 Å². The van der Waals surface area contributed by atoms with Gasteiger partial charge in [-0.15, -0.1) is 11.3 Å². The maximum atomic E-state index is 12.5. The van der Waals surface area contributed by atoms with Gasteiger partial charge < -0.3 is 4.98 Å². The first-order valence-electron chi connectivity index (χ1n) is 8.52. The molecule has 1 saturated heterocycles. The Bertz CT molecular complexity index is 1210. The van der Waals surface area contributed by atoms with Crippen LogP contribution in [-0.2, 0) is 4.79 Å². The van der Waals surface area contributed by atoms with Gasteiger partial charge in [-0.3, -0.25) is 15.0 Å². The van der Waals surface area contributed by atoms with Crippen molar-refractivity contribution in [2.75, 3.05) is 4.90 Å². The standard InChI is InChI=1S/C20H13ClN4O2S/c21-17-7-13(9-28-17)11-1-3-12(4-2-11)18-19(26)24-20(27)25(18)14-5-6-15-16(8-14)23-10-22-15/h1-10,18H,(H,22,23)(H,24,26,27). The van der Waals surface area contributed by atoms with Gasteiger partial charge in [-0.2, -0.15) is 0 Å².